The van der Waals surface area contributed by atoms with Crippen molar-refractivity contribution in [2.45, 2.75) is 25.7 Å². The fraction of sp³-hybridized carbons (Fsp3) is 0.318. The number of fused-ring (bicyclic) bond motifs is 1. The van der Waals surface area contributed by atoms with E-state index in [4.69, 9.17) is 4.74 Å². The van der Waals surface area contributed by atoms with Gasteiger partial charge in [-0.2, -0.15) is 13.2 Å². The van der Waals surface area contributed by atoms with Crippen LogP contribution in [0.1, 0.15) is 23.3 Å². The molecule has 0 bridgehead atoms. The van der Waals surface area contributed by atoms with Crippen molar-refractivity contribution in [2.24, 2.45) is 7.05 Å². The van der Waals surface area contributed by atoms with Crippen LogP contribution in [0.4, 0.5) is 23.4 Å². The zero-order valence-corrected chi connectivity index (χ0v) is 19.4. The summed E-state index contributed by atoms with van der Waals surface area (Å²) in [6, 6.07) is 4.68. The first-order chi connectivity index (χ1) is 17.0. The number of ether oxygens (including phenoxy) is 1. The highest BCUT2D eigenvalue weighted by atomic mass is 19.4. The molecular weight excluding hydrogens is 486 g/mol. The number of hydrogen-bond donors (Lipinski definition) is 1. The number of carbonyl (C=O) groups is 1. The Morgan fingerprint density at radius 2 is 1.97 bits per heavy atom. The van der Waals surface area contributed by atoms with Gasteiger partial charge in [0.05, 0.1) is 29.7 Å². The first-order valence-corrected chi connectivity index (χ1v) is 10.7. The average Bonchev–Trinajstić information content (AvgIpc) is 3.40. The van der Waals surface area contributed by atoms with Crippen LogP contribution >= 0.6 is 0 Å². The first-order valence-electron chi connectivity index (χ1n) is 10.7. The highest BCUT2D eigenvalue weighted by Gasteiger charge is 2.38. The topological polar surface area (TPSA) is 109 Å². The van der Waals surface area contributed by atoms with E-state index in [1.165, 1.54) is 47.6 Å². The molecule has 0 aliphatic carbocycles. The molecule has 0 aliphatic rings. The molecule has 1 aromatic carbocycles. The standard InChI is InChI=1S/C22H21F4N7O3/c1-12(22(24,25)26)33-11-27-30-19(33)15-5-4-6-18(28-15)29-20(34)13-9-17-16(10-14(13)23)31(2)21(35)32(17)7-8-36-3/h4-6,9-12H,7-8H2,1-3H3,(H,28,29,34). The molecule has 3 heterocycles. The molecule has 0 spiro atoms. The van der Waals surface area contributed by atoms with Gasteiger partial charge in [-0.25, -0.2) is 14.2 Å². The van der Waals surface area contributed by atoms with E-state index >= 15 is 0 Å². The van der Waals surface area contributed by atoms with Crippen LogP contribution in [0.2, 0.25) is 0 Å². The van der Waals surface area contributed by atoms with Crippen LogP contribution in [0.25, 0.3) is 22.6 Å². The number of benzene rings is 1. The van der Waals surface area contributed by atoms with Crippen molar-refractivity contribution in [1.82, 2.24) is 28.9 Å². The molecule has 4 rings (SSSR count). The zero-order chi connectivity index (χ0) is 26.2. The van der Waals surface area contributed by atoms with Crippen LogP contribution in [-0.2, 0) is 18.3 Å². The molecule has 3 aromatic heterocycles. The molecule has 0 saturated carbocycles. The van der Waals surface area contributed by atoms with Crippen molar-refractivity contribution >= 4 is 22.8 Å². The highest BCUT2D eigenvalue weighted by molar-refractivity contribution is 6.05. The number of nitrogens with one attached hydrogen (secondary N) is 1. The fourth-order valence-electron chi connectivity index (χ4n) is 3.68. The van der Waals surface area contributed by atoms with Crippen LogP contribution in [0.5, 0.6) is 0 Å². The summed E-state index contributed by atoms with van der Waals surface area (Å²) in [5, 5.41) is 9.71. The number of amides is 1. The molecular formula is C22H21F4N7O3. The van der Waals surface area contributed by atoms with Gasteiger partial charge in [0.1, 0.15) is 29.7 Å². The van der Waals surface area contributed by atoms with E-state index in [0.717, 1.165) is 23.9 Å². The number of carbonyl (C=O) groups excluding carboxylic acids is 1. The van der Waals surface area contributed by atoms with Gasteiger partial charge in [-0.05, 0) is 25.1 Å². The number of aromatic nitrogens is 6. The van der Waals surface area contributed by atoms with Gasteiger partial charge in [-0.3, -0.25) is 13.9 Å². The zero-order valence-electron chi connectivity index (χ0n) is 19.4. The summed E-state index contributed by atoms with van der Waals surface area (Å²) >= 11 is 0. The Morgan fingerprint density at radius 1 is 1.22 bits per heavy atom. The molecule has 0 radical (unpaired) electrons. The predicted molar refractivity (Wildman–Crippen MR) is 121 cm³/mol. The first kappa shape index (κ1) is 25.0. The quantitative estimate of drug-likeness (QED) is 0.385. The van der Waals surface area contributed by atoms with Crippen LogP contribution in [-0.4, -0.2) is 54.7 Å². The maximum atomic E-state index is 14.8. The normalized spacial score (nSPS) is 12.8. The lowest BCUT2D eigenvalue weighted by Crippen LogP contribution is -2.24. The number of methoxy groups -OCH3 is 1. The number of rotatable bonds is 7. The molecule has 0 saturated heterocycles. The molecule has 4 aromatic rings. The van der Waals surface area contributed by atoms with E-state index in [1.807, 2.05) is 0 Å². The largest absolute Gasteiger partial charge is 0.408 e. The second-order valence-electron chi connectivity index (χ2n) is 7.95. The Morgan fingerprint density at radius 3 is 2.67 bits per heavy atom. The number of anilines is 1. The molecule has 1 N–H and O–H groups in total. The molecule has 36 heavy (non-hydrogen) atoms. The number of imidazole rings is 1. The lowest BCUT2D eigenvalue weighted by molar-refractivity contribution is -0.162. The predicted octanol–water partition coefficient (Wildman–Crippen LogP) is 3.15. The fourth-order valence-corrected chi connectivity index (χ4v) is 3.68. The molecule has 1 unspecified atom stereocenters. The van der Waals surface area contributed by atoms with Gasteiger partial charge in [0.2, 0.25) is 0 Å². The Kier molecular flexibility index (Phi) is 6.63. The van der Waals surface area contributed by atoms with Crippen molar-refractivity contribution in [1.29, 1.82) is 0 Å². The van der Waals surface area contributed by atoms with Gasteiger partial charge in [-0.1, -0.05) is 6.07 Å². The van der Waals surface area contributed by atoms with Crippen molar-refractivity contribution in [3.05, 3.63) is 58.5 Å². The van der Waals surface area contributed by atoms with Gasteiger partial charge >= 0.3 is 11.9 Å². The summed E-state index contributed by atoms with van der Waals surface area (Å²) in [6.45, 7) is 1.37. The van der Waals surface area contributed by atoms with E-state index in [-0.39, 0.29) is 36.1 Å². The lowest BCUT2D eigenvalue weighted by atomic mass is 10.1. The highest BCUT2D eigenvalue weighted by Crippen LogP contribution is 2.32. The van der Waals surface area contributed by atoms with Crippen LogP contribution < -0.4 is 11.0 Å². The van der Waals surface area contributed by atoms with Gasteiger partial charge in [0, 0.05) is 20.2 Å². The van der Waals surface area contributed by atoms with Gasteiger partial charge in [0.25, 0.3) is 5.91 Å². The average molecular weight is 507 g/mol. The number of pyridine rings is 1. The summed E-state index contributed by atoms with van der Waals surface area (Å²) in [6.07, 6.45) is -3.60. The third-order valence-electron chi connectivity index (χ3n) is 5.68. The summed E-state index contributed by atoms with van der Waals surface area (Å²) < 4.78 is 62.9. The number of alkyl halides is 3. The summed E-state index contributed by atoms with van der Waals surface area (Å²) in [4.78, 5) is 29.6. The molecule has 0 aliphatic heterocycles. The molecule has 10 nitrogen and oxygen atoms in total. The van der Waals surface area contributed by atoms with E-state index < -0.39 is 29.6 Å². The SMILES string of the molecule is COCCn1c(=O)n(C)c2cc(F)c(C(=O)Nc3cccc(-c4nncn4C(C)C(F)(F)F)n3)cc21. The molecule has 0 fully saturated rings. The number of halogens is 4. The molecule has 14 heteroatoms. The van der Waals surface area contributed by atoms with Crippen LogP contribution in [0, 0.1) is 5.82 Å². The van der Waals surface area contributed by atoms with Crippen molar-refractivity contribution in [3.8, 4) is 11.5 Å². The Hall–Kier alpha value is -4.07. The monoisotopic (exact) mass is 507 g/mol. The second kappa shape index (κ2) is 9.53. The Bertz CT molecular complexity index is 1490. The van der Waals surface area contributed by atoms with E-state index in [1.54, 1.807) is 0 Å². The third-order valence-corrected chi connectivity index (χ3v) is 5.68. The van der Waals surface area contributed by atoms with Crippen molar-refractivity contribution in [2.75, 3.05) is 19.0 Å². The Labute approximate surface area is 201 Å². The van der Waals surface area contributed by atoms with E-state index in [2.05, 4.69) is 20.5 Å². The van der Waals surface area contributed by atoms with Crippen LogP contribution in [0.15, 0.2) is 41.5 Å². The molecule has 1 amide bonds. The lowest BCUT2D eigenvalue weighted by Gasteiger charge is -2.18. The van der Waals surface area contributed by atoms with Crippen molar-refractivity contribution in [3.63, 3.8) is 0 Å². The van der Waals surface area contributed by atoms with E-state index in [0.29, 0.717) is 11.0 Å². The maximum absolute atomic E-state index is 14.8. The number of nitrogens with zero attached hydrogens (tertiary/aromatic N) is 6. The maximum Gasteiger partial charge on any atom is 0.408 e. The summed E-state index contributed by atoms with van der Waals surface area (Å²) in [7, 11) is 2.96. The van der Waals surface area contributed by atoms with Gasteiger partial charge < -0.3 is 14.6 Å². The second-order valence-corrected chi connectivity index (χ2v) is 7.95. The number of hydrogen-bond acceptors (Lipinski definition) is 6. The van der Waals surface area contributed by atoms with Crippen LogP contribution in [0.3, 0.4) is 0 Å². The Balaban J connectivity index is 1.66. The third kappa shape index (κ3) is 4.58. The number of aryl methyl sites for hydroxylation is 1. The minimum atomic E-state index is -4.54. The minimum absolute atomic E-state index is 0.0220. The minimum Gasteiger partial charge on any atom is -0.383 e. The summed E-state index contributed by atoms with van der Waals surface area (Å²) in [5.74, 6) is -1.93. The van der Waals surface area contributed by atoms with Gasteiger partial charge in [0.15, 0.2) is 5.82 Å². The molecule has 1 atom stereocenters. The smallest absolute Gasteiger partial charge is 0.383 e. The van der Waals surface area contributed by atoms with Crippen molar-refractivity contribution < 1.29 is 27.1 Å². The summed E-state index contributed by atoms with van der Waals surface area (Å²) in [5.41, 5.74) is -0.0925. The van der Waals surface area contributed by atoms with E-state index in [9.17, 15) is 27.2 Å². The van der Waals surface area contributed by atoms with Gasteiger partial charge in [-0.15, -0.1) is 10.2 Å². The molecule has 190 valence electrons.